The van der Waals surface area contributed by atoms with Gasteiger partial charge >= 0.3 is 0 Å². The highest BCUT2D eigenvalue weighted by Gasteiger charge is 2.08. The molecule has 0 atom stereocenters. The van der Waals surface area contributed by atoms with Crippen molar-refractivity contribution < 1.29 is 4.79 Å². The largest absolute Gasteiger partial charge is 0.348 e. The number of rotatable bonds is 4. The van der Waals surface area contributed by atoms with Crippen LogP contribution in [-0.2, 0) is 6.54 Å². The van der Waals surface area contributed by atoms with Crippen LogP contribution in [0.3, 0.4) is 0 Å². The van der Waals surface area contributed by atoms with E-state index < -0.39 is 0 Å². The van der Waals surface area contributed by atoms with Crippen LogP contribution >= 0.6 is 15.9 Å². The van der Waals surface area contributed by atoms with Gasteiger partial charge in [0.15, 0.2) is 5.82 Å². The van der Waals surface area contributed by atoms with E-state index in [1.54, 1.807) is 12.4 Å². The van der Waals surface area contributed by atoms with Crippen molar-refractivity contribution in [2.75, 3.05) is 0 Å². The second-order valence-corrected chi connectivity index (χ2v) is 5.89. The van der Waals surface area contributed by atoms with Gasteiger partial charge in [0.05, 0.1) is 5.56 Å². The van der Waals surface area contributed by atoms with E-state index in [9.17, 15) is 4.79 Å². The quantitative estimate of drug-likeness (QED) is 0.762. The molecule has 23 heavy (non-hydrogen) atoms. The molecule has 0 aliphatic rings. The standard InChI is InChI=1S/C18H14BrN3O/c19-16-8-4-5-13(9-16)10-22-18(23)15-11-20-17(21-12-15)14-6-2-1-3-7-14/h1-9,11-12H,10H2,(H,22,23). The number of carbonyl (C=O) groups excluding carboxylic acids is 1. The van der Waals surface area contributed by atoms with Crippen LogP contribution in [0.2, 0.25) is 0 Å². The van der Waals surface area contributed by atoms with E-state index >= 15 is 0 Å². The normalized spacial score (nSPS) is 10.3. The van der Waals surface area contributed by atoms with Gasteiger partial charge in [0.25, 0.3) is 5.91 Å². The van der Waals surface area contributed by atoms with Crippen LogP contribution in [-0.4, -0.2) is 15.9 Å². The summed E-state index contributed by atoms with van der Waals surface area (Å²) in [6, 6.07) is 17.5. The van der Waals surface area contributed by atoms with Crippen LogP contribution in [0.4, 0.5) is 0 Å². The number of nitrogens with zero attached hydrogens (tertiary/aromatic N) is 2. The topological polar surface area (TPSA) is 54.9 Å². The molecule has 3 aromatic rings. The zero-order chi connectivity index (χ0) is 16.1. The second-order valence-electron chi connectivity index (χ2n) is 4.97. The number of aromatic nitrogens is 2. The monoisotopic (exact) mass is 367 g/mol. The van der Waals surface area contributed by atoms with Gasteiger partial charge in [-0.05, 0) is 17.7 Å². The van der Waals surface area contributed by atoms with Crippen molar-refractivity contribution in [2.24, 2.45) is 0 Å². The minimum absolute atomic E-state index is 0.190. The highest BCUT2D eigenvalue weighted by Crippen LogP contribution is 2.14. The lowest BCUT2D eigenvalue weighted by molar-refractivity contribution is 0.0950. The van der Waals surface area contributed by atoms with E-state index in [0.29, 0.717) is 17.9 Å². The number of hydrogen-bond acceptors (Lipinski definition) is 3. The number of halogens is 1. The predicted octanol–water partition coefficient (Wildman–Crippen LogP) is 3.84. The molecule has 1 heterocycles. The first-order valence-corrected chi connectivity index (χ1v) is 7.92. The number of carbonyl (C=O) groups is 1. The molecule has 0 fully saturated rings. The summed E-state index contributed by atoms with van der Waals surface area (Å²) in [5.41, 5.74) is 2.39. The van der Waals surface area contributed by atoms with Crippen molar-refractivity contribution in [3.05, 3.63) is 82.6 Å². The molecule has 4 nitrogen and oxygen atoms in total. The molecule has 114 valence electrons. The fourth-order valence-electron chi connectivity index (χ4n) is 2.11. The molecule has 0 aliphatic carbocycles. The van der Waals surface area contributed by atoms with Crippen molar-refractivity contribution in [1.82, 2.24) is 15.3 Å². The number of nitrogens with one attached hydrogen (secondary N) is 1. The van der Waals surface area contributed by atoms with Crippen molar-refractivity contribution in [2.45, 2.75) is 6.54 Å². The van der Waals surface area contributed by atoms with Gasteiger partial charge in [-0.1, -0.05) is 58.4 Å². The highest BCUT2D eigenvalue weighted by atomic mass is 79.9. The van der Waals surface area contributed by atoms with E-state index in [0.717, 1.165) is 15.6 Å². The van der Waals surface area contributed by atoms with Gasteiger partial charge in [0, 0.05) is 29.0 Å². The summed E-state index contributed by atoms with van der Waals surface area (Å²) >= 11 is 3.41. The first-order valence-electron chi connectivity index (χ1n) is 7.12. The van der Waals surface area contributed by atoms with Gasteiger partial charge in [0.2, 0.25) is 0 Å². The minimum Gasteiger partial charge on any atom is -0.348 e. The van der Waals surface area contributed by atoms with E-state index in [2.05, 4.69) is 31.2 Å². The zero-order valence-electron chi connectivity index (χ0n) is 12.2. The van der Waals surface area contributed by atoms with E-state index in [4.69, 9.17) is 0 Å². The lowest BCUT2D eigenvalue weighted by atomic mass is 10.2. The van der Waals surface area contributed by atoms with Gasteiger partial charge in [-0.3, -0.25) is 4.79 Å². The summed E-state index contributed by atoms with van der Waals surface area (Å²) in [5, 5.41) is 2.86. The summed E-state index contributed by atoms with van der Waals surface area (Å²) in [6.07, 6.45) is 3.09. The first kappa shape index (κ1) is 15.4. The van der Waals surface area contributed by atoms with E-state index in [1.165, 1.54) is 0 Å². The SMILES string of the molecule is O=C(NCc1cccc(Br)c1)c1cnc(-c2ccccc2)nc1. The van der Waals surface area contributed by atoms with Gasteiger partial charge in [-0.2, -0.15) is 0 Å². The molecule has 0 radical (unpaired) electrons. The zero-order valence-corrected chi connectivity index (χ0v) is 13.8. The maximum absolute atomic E-state index is 12.1. The Hall–Kier alpha value is -2.53. The second kappa shape index (κ2) is 7.15. The first-order chi connectivity index (χ1) is 11.2. The van der Waals surface area contributed by atoms with Crippen molar-refractivity contribution >= 4 is 21.8 Å². The van der Waals surface area contributed by atoms with E-state index in [1.807, 2.05) is 54.6 Å². The molecular formula is C18H14BrN3O. The number of hydrogen-bond donors (Lipinski definition) is 1. The third-order valence-corrected chi connectivity index (χ3v) is 3.78. The summed E-state index contributed by atoms with van der Waals surface area (Å²) in [5.74, 6) is 0.415. The van der Waals surface area contributed by atoms with Gasteiger partial charge in [-0.15, -0.1) is 0 Å². The summed E-state index contributed by atoms with van der Waals surface area (Å²) in [4.78, 5) is 20.7. The van der Waals surface area contributed by atoms with Gasteiger partial charge in [0.1, 0.15) is 0 Å². The Kier molecular flexibility index (Phi) is 4.78. The summed E-state index contributed by atoms with van der Waals surface area (Å²) < 4.78 is 0.986. The van der Waals surface area contributed by atoms with Crippen LogP contribution in [0.15, 0.2) is 71.5 Å². The Morgan fingerprint density at radius 2 is 1.74 bits per heavy atom. The molecule has 1 aromatic heterocycles. The predicted molar refractivity (Wildman–Crippen MR) is 92.8 cm³/mol. The molecule has 0 aliphatic heterocycles. The third kappa shape index (κ3) is 4.02. The molecule has 0 spiro atoms. The van der Waals surface area contributed by atoms with Crippen LogP contribution in [0, 0.1) is 0 Å². The Morgan fingerprint density at radius 3 is 2.43 bits per heavy atom. The molecular weight excluding hydrogens is 354 g/mol. The Labute approximate surface area is 142 Å². The molecule has 0 unspecified atom stereocenters. The molecule has 2 aromatic carbocycles. The molecule has 0 saturated carbocycles. The smallest absolute Gasteiger partial charge is 0.254 e. The average Bonchev–Trinajstić information content (AvgIpc) is 2.61. The van der Waals surface area contributed by atoms with Crippen LogP contribution in [0.1, 0.15) is 15.9 Å². The Bertz CT molecular complexity index is 804. The molecule has 1 N–H and O–H groups in total. The number of benzene rings is 2. The van der Waals surface area contributed by atoms with Gasteiger partial charge < -0.3 is 5.32 Å². The lowest BCUT2D eigenvalue weighted by Gasteiger charge is -2.06. The molecule has 0 saturated heterocycles. The molecule has 1 amide bonds. The minimum atomic E-state index is -0.190. The maximum atomic E-state index is 12.1. The summed E-state index contributed by atoms with van der Waals surface area (Å²) in [6.45, 7) is 0.457. The lowest BCUT2D eigenvalue weighted by Crippen LogP contribution is -2.23. The van der Waals surface area contributed by atoms with Crippen molar-refractivity contribution in [3.63, 3.8) is 0 Å². The molecule has 5 heteroatoms. The Morgan fingerprint density at radius 1 is 1.00 bits per heavy atom. The summed E-state index contributed by atoms with van der Waals surface area (Å²) in [7, 11) is 0. The van der Waals surface area contributed by atoms with Crippen LogP contribution < -0.4 is 5.32 Å². The maximum Gasteiger partial charge on any atom is 0.254 e. The van der Waals surface area contributed by atoms with Crippen molar-refractivity contribution in [3.8, 4) is 11.4 Å². The van der Waals surface area contributed by atoms with Crippen LogP contribution in [0.5, 0.6) is 0 Å². The highest BCUT2D eigenvalue weighted by molar-refractivity contribution is 9.10. The fourth-order valence-corrected chi connectivity index (χ4v) is 2.56. The van der Waals surface area contributed by atoms with Crippen molar-refractivity contribution in [1.29, 1.82) is 0 Å². The van der Waals surface area contributed by atoms with Gasteiger partial charge in [-0.25, -0.2) is 9.97 Å². The number of amides is 1. The third-order valence-electron chi connectivity index (χ3n) is 3.29. The fraction of sp³-hybridized carbons (Fsp3) is 0.0556. The van der Waals surface area contributed by atoms with E-state index in [-0.39, 0.29) is 5.91 Å². The average molecular weight is 368 g/mol. The molecule has 3 rings (SSSR count). The Balaban J connectivity index is 1.66. The molecule has 0 bridgehead atoms. The van der Waals surface area contributed by atoms with Crippen LogP contribution in [0.25, 0.3) is 11.4 Å².